The second-order valence-corrected chi connectivity index (χ2v) is 8.43. The van der Waals surface area contributed by atoms with Crippen molar-refractivity contribution in [2.45, 2.75) is 38.9 Å². The van der Waals surface area contributed by atoms with Crippen LogP contribution in [0.3, 0.4) is 0 Å². The van der Waals surface area contributed by atoms with Gasteiger partial charge in [0.2, 0.25) is 5.91 Å². The molecule has 2 aromatic rings. The molecule has 2 amide bonds. The molecule has 31 heavy (non-hydrogen) atoms. The van der Waals surface area contributed by atoms with E-state index in [9.17, 15) is 9.59 Å². The van der Waals surface area contributed by atoms with Gasteiger partial charge in [0.15, 0.2) is 0 Å². The molecule has 6 nitrogen and oxygen atoms in total. The van der Waals surface area contributed by atoms with Gasteiger partial charge in [-0.15, -0.1) is 0 Å². The Labute approximate surface area is 209 Å². The standard InChI is InChI=1S/C23H27NO5S.Na/c1-13-14(2)21(28-5)18(15(3)20(13)27-4)10-11-29-17-8-6-16(7-9-17)12-19-22(25)24-23(26)30-19;/h6-9,19H,10-12H2,1-5H3,(H,24,25,26);. The van der Waals surface area contributed by atoms with Crippen molar-refractivity contribution in [3.8, 4) is 17.2 Å². The second-order valence-electron chi connectivity index (χ2n) is 7.25. The third kappa shape index (κ3) is 5.77. The maximum Gasteiger partial charge on any atom is 0.286 e. The fourth-order valence-electron chi connectivity index (χ4n) is 3.77. The van der Waals surface area contributed by atoms with Crippen molar-refractivity contribution in [1.82, 2.24) is 5.32 Å². The molecule has 2 aromatic carbocycles. The number of nitrogens with one attached hydrogen (secondary N) is 1. The Morgan fingerprint density at radius 2 is 1.55 bits per heavy atom. The van der Waals surface area contributed by atoms with Gasteiger partial charge in [0.25, 0.3) is 5.24 Å². The zero-order valence-corrected chi connectivity index (χ0v) is 21.8. The average Bonchev–Trinajstić information content (AvgIpc) is 3.04. The first-order chi connectivity index (χ1) is 14.3. The van der Waals surface area contributed by atoms with Gasteiger partial charge in [-0.05, 0) is 61.6 Å². The number of rotatable bonds is 8. The van der Waals surface area contributed by atoms with Gasteiger partial charge < -0.3 is 14.2 Å². The van der Waals surface area contributed by atoms with Crippen LogP contribution in [0.5, 0.6) is 17.2 Å². The molecule has 1 heterocycles. The molecule has 0 bridgehead atoms. The number of amides is 2. The SMILES string of the molecule is COc1c(C)c(C)c(OC)c(CCOc2ccc(CC3SC(=O)NC3=O)cc2)c1C.[Na]. The van der Waals surface area contributed by atoms with Crippen LogP contribution in [0.15, 0.2) is 24.3 Å². The molecule has 1 radical (unpaired) electrons. The summed E-state index contributed by atoms with van der Waals surface area (Å²) in [5, 5.41) is 1.67. The molecular formula is C23H27NNaO5S. The van der Waals surface area contributed by atoms with Gasteiger partial charge in [0.1, 0.15) is 17.2 Å². The van der Waals surface area contributed by atoms with Gasteiger partial charge in [-0.1, -0.05) is 23.9 Å². The fourth-order valence-corrected chi connectivity index (χ4v) is 4.63. The zero-order chi connectivity index (χ0) is 21.8. The minimum atomic E-state index is -0.362. The van der Waals surface area contributed by atoms with E-state index < -0.39 is 0 Å². The second kappa shape index (κ2) is 11.3. The molecule has 1 saturated heterocycles. The third-order valence-electron chi connectivity index (χ3n) is 5.45. The first kappa shape index (κ1) is 25.6. The molecule has 1 atom stereocenters. The average molecular weight is 453 g/mol. The van der Waals surface area contributed by atoms with E-state index in [0.717, 1.165) is 56.8 Å². The van der Waals surface area contributed by atoms with E-state index in [1.807, 2.05) is 45.0 Å². The van der Waals surface area contributed by atoms with Crippen LogP contribution in [0.1, 0.15) is 27.8 Å². The Kier molecular flexibility index (Phi) is 9.30. The minimum absolute atomic E-state index is 0. The number of ether oxygens (including phenoxy) is 3. The van der Waals surface area contributed by atoms with Crippen LogP contribution in [-0.4, -0.2) is 66.8 Å². The summed E-state index contributed by atoms with van der Waals surface area (Å²) in [6.45, 7) is 6.61. The van der Waals surface area contributed by atoms with Gasteiger partial charge in [0, 0.05) is 41.5 Å². The normalized spacial score (nSPS) is 15.3. The maximum absolute atomic E-state index is 11.7. The Hall–Kier alpha value is -1.67. The predicted octanol–water partition coefficient (Wildman–Crippen LogP) is 3.76. The van der Waals surface area contributed by atoms with E-state index in [1.54, 1.807) is 14.2 Å². The summed E-state index contributed by atoms with van der Waals surface area (Å²) in [7, 11) is 3.37. The fraction of sp³-hybridized carbons (Fsp3) is 0.391. The van der Waals surface area contributed by atoms with Gasteiger partial charge >= 0.3 is 0 Å². The summed E-state index contributed by atoms with van der Waals surface area (Å²) in [6.07, 6.45) is 1.20. The molecule has 0 aromatic heterocycles. The third-order valence-corrected chi connectivity index (χ3v) is 6.43. The summed E-state index contributed by atoms with van der Waals surface area (Å²) in [5.41, 5.74) is 5.30. The Balaban J connectivity index is 0.00000341. The molecule has 1 aliphatic rings. The van der Waals surface area contributed by atoms with Gasteiger partial charge in [-0.3, -0.25) is 14.9 Å². The molecule has 0 aliphatic carbocycles. The summed E-state index contributed by atoms with van der Waals surface area (Å²) >= 11 is 1.04. The van der Waals surface area contributed by atoms with E-state index in [2.05, 4.69) is 5.32 Å². The summed E-state index contributed by atoms with van der Waals surface area (Å²) in [6, 6.07) is 7.63. The van der Waals surface area contributed by atoms with E-state index >= 15 is 0 Å². The quantitative estimate of drug-likeness (QED) is 0.615. The monoisotopic (exact) mass is 452 g/mol. The van der Waals surface area contributed by atoms with E-state index in [1.165, 1.54) is 0 Å². The Morgan fingerprint density at radius 1 is 0.935 bits per heavy atom. The number of hydrogen-bond donors (Lipinski definition) is 1. The van der Waals surface area contributed by atoms with Crippen LogP contribution < -0.4 is 19.5 Å². The Bertz CT molecular complexity index is 962. The van der Waals surface area contributed by atoms with Crippen LogP contribution in [-0.2, 0) is 17.6 Å². The zero-order valence-electron chi connectivity index (χ0n) is 19.0. The van der Waals surface area contributed by atoms with Crippen LogP contribution in [0, 0.1) is 20.8 Å². The maximum atomic E-state index is 11.7. The van der Waals surface area contributed by atoms with Crippen molar-refractivity contribution < 1.29 is 23.8 Å². The Morgan fingerprint density at radius 3 is 2.10 bits per heavy atom. The molecule has 1 unspecified atom stereocenters. The van der Waals surface area contributed by atoms with E-state index in [4.69, 9.17) is 14.2 Å². The van der Waals surface area contributed by atoms with E-state index in [-0.39, 0.29) is 46.0 Å². The van der Waals surface area contributed by atoms with Crippen molar-refractivity contribution in [1.29, 1.82) is 0 Å². The molecule has 1 fully saturated rings. The van der Waals surface area contributed by atoms with Crippen molar-refractivity contribution in [3.05, 3.63) is 52.1 Å². The largest absolute Gasteiger partial charge is 0.496 e. The van der Waals surface area contributed by atoms with Crippen molar-refractivity contribution in [2.24, 2.45) is 0 Å². The summed E-state index contributed by atoms with van der Waals surface area (Å²) < 4.78 is 17.2. The molecule has 1 N–H and O–H groups in total. The van der Waals surface area contributed by atoms with Gasteiger partial charge in [-0.25, -0.2) is 0 Å². The summed E-state index contributed by atoms with van der Waals surface area (Å²) in [4.78, 5) is 23.0. The molecule has 0 saturated carbocycles. The van der Waals surface area contributed by atoms with E-state index in [0.29, 0.717) is 19.4 Å². The van der Waals surface area contributed by atoms with Crippen molar-refractivity contribution in [2.75, 3.05) is 20.8 Å². The number of carbonyl (C=O) groups excluding carboxylic acids is 2. The molecule has 1 aliphatic heterocycles. The molecule has 0 spiro atoms. The van der Waals surface area contributed by atoms with Gasteiger partial charge in [-0.2, -0.15) is 0 Å². The smallest absolute Gasteiger partial charge is 0.286 e. The minimum Gasteiger partial charge on any atom is -0.496 e. The number of hydrogen-bond acceptors (Lipinski definition) is 6. The van der Waals surface area contributed by atoms with Crippen LogP contribution in [0.25, 0.3) is 0 Å². The van der Waals surface area contributed by atoms with Crippen LogP contribution in [0.2, 0.25) is 0 Å². The predicted molar refractivity (Wildman–Crippen MR) is 124 cm³/mol. The van der Waals surface area contributed by atoms with Crippen molar-refractivity contribution in [3.63, 3.8) is 0 Å². The first-order valence-electron chi connectivity index (χ1n) is 9.79. The molecule has 3 rings (SSSR count). The number of imide groups is 1. The molecular weight excluding hydrogens is 425 g/mol. The molecule has 8 heteroatoms. The topological polar surface area (TPSA) is 73.9 Å². The first-order valence-corrected chi connectivity index (χ1v) is 10.7. The number of thioether (sulfide) groups is 1. The van der Waals surface area contributed by atoms with Crippen molar-refractivity contribution >= 4 is 52.5 Å². The van der Waals surface area contributed by atoms with Crippen LogP contribution in [0.4, 0.5) is 4.79 Å². The number of methoxy groups -OCH3 is 2. The van der Waals surface area contributed by atoms with Crippen LogP contribution >= 0.6 is 11.8 Å². The number of benzene rings is 2. The summed E-state index contributed by atoms with van der Waals surface area (Å²) in [5.74, 6) is 2.30. The van der Waals surface area contributed by atoms with Gasteiger partial charge in [0.05, 0.1) is 26.1 Å². The molecule has 161 valence electrons. The number of carbonyl (C=O) groups is 2.